The Morgan fingerprint density at radius 2 is 2.05 bits per heavy atom. The van der Waals surface area contributed by atoms with Gasteiger partial charge in [-0.1, -0.05) is 0 Å². The topological polar surface area (TPSA) is 31.4 Å². The number of fused-ring (bicyclic) bond motifs is 3. The third-order valence-electron chi connectivity index (χ3n) is 4.62. The van der Waals surface area contributed by atoms with E-state index < -0.39 is 0 Å². The van der Waals surface area contributed by atoms with E-state index in [1.807, 2.05) is 11.3 Å². The Hall–Kier alpha value is -0.490. The van der Waals surface area contributed by atoms with E-state index in [0.717, 1.165) is 6.42 Å². The zero-order chi connectivity index (χ0) is 13.4. The lowest BCUT2D eigenvalue weighted by atomic mass is 9.98. The van der Waals surface area contributed by atoms with Crippen molar-refractivity contribution in [3.63, 3.8) is 0 Å². The molecule has 0 aliphatic carbocycles. The van der Waals surface area contributed by atoms with Crippen LogP contribution in [0.4, 0.5) is 0 Å². The van der Waals surface area contributed by atoms with Crippen molar-refractivity contribution in [3.8, 4) is 0 Å². The van der Waals surface area contributed by atoms with Gasteiger partial charge in [0.25, 0.3) is 0 Å². The van der Waals surface area contributed by atoms with E-state index in [1.54, 1.807) is 0 Å². The van der Waals surface area contributed by atoms with Crippen molar-refractivity contribution < 1.29 is 0 Å². The molecule has 2 unspecified atom stereocenters. The van der Waals surface area contributed by atoms with Gasteiger partial charge >= 0.3 is 0 Å². The van der Waals surface area contributed by atoms with E-state index in [-0.39, 0.29) is 0 Å². The Morgan fingerprint density at radius 1 is 1.32 bits per heavy atom. The summed E-state index contributed by atoms with van der Waals surface area (Å²) in [6.45, 7) is 10.5. The first-order valence-corrected chi connectivity index (χ1v) is 8.05. The van der Waals surface area contributed by atoms with Crippen LogP contribution in [0.3, 0.4) is 0 Å². The van der Waals surface area contributed by atoms with Gasteiger partial charge in [-0.25, -0.2) is 4.98 Å². The first-order valence-electron chi connectivity index (χ1n) is 7.24. The van der Waals surface area contributed by atoms with Gasteiger partial charge in [0, 0.05) is 56.1 Å². The van der Waals surface area contributed by atoms with Crippen molar-refractivity contribution in [2.75, 3.05) is 39.8 Å². The van der Waals surface area contributed by atoms with Gasteiger partial charge in [0.2, 0.25) is 0 Å². The number of nitrogens with zero attached hydrogens (tertiary/aromatic N) is 3. The largest absolute Gasteiger partial charge is 0.315 e. The van der Waals surface area contributed by atoms with E-state index in [0.29, 0.717) is 12.1 Å². The number of hydrogen-bond acceptors (Lipinski definition) is 5. The molecule has 1 aromatic rings. The number of likely N-dealkylation sites (N-methyl/N-ethyl adjacent to an activating group) is 1. The van der Waals surface area contributed by atoms with Crippen molar-refractivity contribution >= 4 is 11.3 Å². The van der Waals surface area contributed by atoms with Crippen LogP contribution < -0.4 is 5.32 Å². The van der Waals surface area contributed by atoms with Gasteiger partial charge in [0.1, 0.15) is 0 Å². The highest BCUT2D eigenvalue weighted by Crippen LogP contribution is 2.23. The normalized spacial score (nSPS) is 31.6. The lowest BCUT2D eigenvalue weighted by Gasteiger charge is -2.50. The molecular formula is C14H24N4S. The standard InChI is InChI=1S/C14H24N4S/c1-10-11(2)19-14(16-10)8-12(15-3)13-9-17-4-6-18(13)7-5-17/h12-13,15H,4-9H2,1-3H3. The van der Waals surface area contributed by atoms with Crippen molar-refractivity contribution in [2.45, 2.75) is 32.4 Å². The van der Waals surface area contributed by atoms with Gasteiger partial charge in [-0.3, -0.25) is 9.80 Å². The Labute approximate surface area is 119 Å². The summed E-state index contributed by atoms with van der Waals surface area (Å²) in [5.41, 5.74) is 1.20. The van der Waals surface area contributed by atoms with Gasteiger partial charge in [0.15, 0.2) is 0 Å². The molecule has 106 valence electrons. The van der Waals surface area contributed by atoms with Gasteiger partial charge in [0.05, 0.1) is 10.7 Å². The molecular weight excluding hydrogens is 256 g/mol. The molecule has 3 aliphatic rings. The van der Waals surface area contributed by atoms with Crippen LogP contribution in [-0.4, -0.2) is 66.6 Å². The molecule has 4 rings (SSSR count). The SMILES string of the molecule is CNC(Cc1nc(C)c(C)s1)C1CN2CCN1CC2. The van der Waals surface area contributed by atoms with Gasteiger partial charge in [-0.2, -0.15) is 0 Å². The summed E-state index contributed by atoms with van der Waals surface area (Å²) in [5, 5.41) is 4.82. The van der Waals surface area contributed by atoms with Crippen LogP contribution in [-0.2, 0) is 6.42 Å². The molecule has 1 aromatic heterocycles. The van der Waals surface area contributed by atoms with Gasteiger partial charge in [-0.05, 0) is 20.9 Å². The fraction of sp³-hybridized carbons (Fsp3) is 0.786. The molecule has 0 aromatic carbocycles. The van der Waals surface area contributed by atoms with E-state index in [2.05, 4.69) is 36.0 Å². The predicted octanol–water partition coefficient (Wildman–Crippen LogP) is 0.890. The summed E-state index contributed by atoms with van der Waals surface area (Å²) >= 11 is 1.86. The third-order valence-corrected chi connectivity index (χ3v) is 5.72. The Morgan fingerprint density at radius 3 is 2.53 bits per heavy atom. The number of hydrogen-bond donors (Lipinski definition) is 1. The van der Waals surface area contributed by atoms with Crippen LogP contribution in [0.1, 0.15) is 15.6 Å². The van der Waals surface area contributed by atoms with Gasteiger partial charge < -0.3 is 5.32 Å². The minimum absolute atomic E-state index is 0.521. The highest BCUT2D eigenvalue weighted by atomic mass is 32.1. The third kappa shape index (κ3) is 2.70. The summed E-state index contributed by atoms with van der Waals surface area (Å²) in [6.07, 6.45) is 1.06. The van der Waals surface area contributed by atoms with Crippen molar-refractivity contribution in [2.24, 2.45) is 0 Å². The molecule has 3 saturated heterocycles. The minimum Gasteiger partial charge on any atom is -0.315 e. The molecule has 5 heteroatoms. The molecule has 4 heterocycles. The second-order valence-corrected chi connectivity index (χ2v) is 7.04. The zero-order valence-electron chi connectivity index (χ0n) is 12.1. The van der Waals surface area contributed by atoms with Crippen LogP contribution in [0.5, 0.6) is 0 Å². The number of nitrogens with one attached hydrogen (secondary N) is 1. The highest BCUT2D eigenvalue weighted by molar-refractivity contribution is 7.11. The number of aromatic nitrogens is 1. The smallest absolute Gasteiger partial charge is 0.0947 e. The molecule has 3 aliphatic heterocycles. The maximum atomic E-state index is 4.70. The monoisotopic (exact) mass is 280 g/mol. The maximum Gasteiger partial charge on any atom is 0.0947 e. The molecule has 4 nitrogen and oxygen atoms in total. The number of rotatable bonds is 4. The minimum atomic E-state index is 0.521. The molecule has 0 radical (unpaired) electrons. The average molecular weight is 280 g/mol. The second kappa shape index (κ2) is 5.48. The number of piperazine rings is 3. The maximum absolute atomic E-state index is 4.70. The van der Waals surface area contributed by atoms with Crippen molar-refractivity contribution in [3.05, 3.63) is 15.6 Å². The number of aryl methyl sites for hydroxylation is 2. The second-order valence-electron chi connectivity index (χ2n) is 5.75. The summed E-state index contributed by atoms with van der Waals surface area (Å²) in [4.78, 5) is 11.3. The summed E-state index contributed by atoms with van der Waals surface area (Å²) in [7, 11) is 2.09. The summed E-state index contributed by atoms with van der Waals surface area (Å²) in [6, 6.07) is 1.17. The Kier molecular flexibility index (Phi) is 3.89. The van der Waals surface area contributed by atoms with Crippen LogP contribution in [0.25, 0.3) is 0 Å². The van der Waals surface area contributed by atoms with Crippen molar-refractivity contribution in [1.82, 2.24) is 20.1 Å². The summed E-state index contributed by atoms with van der Waals surface area (Å²) < 4.78 is 0. The lowest BCUT2D eigenvalue weighted by Crippen LogP contribution is -2.66. The molecule has 2 bridgehead atoms. The fourth-order valence-corrected chi connectivity index (χ4v) is 4.28. The summed E-state index contributed by atoms with van der Waals surface area (Å²) in [5.74, 6) is 0. The van der Waals surface area contributed by atoms with Crippen LogP contribution in [0.15, 0.2) is 0 Å². The van der Waals surface area contributed by atoms with E-state index >= 15 is 0 Å². The van der Waals surface area contributed by atoms with Crippen LogP contribution in [0.2, 0.25) is 0 Å². The highest BCUT2D eigenvalue weighted by Gasteiger charge is 2.36. The molecule has 3 fully saturated rings. The van der Waals surface area contributed by atoms with E-state index in [4.69, 9.17) is 4.98 Å². The molecule has 0 spiro atoms. The van der Waals surface area contributed by atoms with Gasteiger partial charge in [-0.15, -0.1) is 11.3 Å². The van der Waals surface area contributed by atoms with E-state index in [9.17, 15) is 0 Å². The molecule has 19 heavy (non-hydrogen) atoms. The van der Waals surface area contributed by atoms with Crippen molar-refractivity contribution in [1.29, 1.82) is 0 Å². The zero-order valence-corrected chi connectivity index (χ0v) is 13.0. The average Bonchev–Trinajstić information content (AvgIpc) is 2.76. The molecule has 1 N–H and O–H groups in total. The molecule has 0 amide bonds. The number of thiazole rings is 1. The Balaban J connectivity index is 1.70. The first kappa shape index (κ1) is 13.5. The lowest BCUT2D eigenvalue weighted by molar-refractivity contribution is -0.00202. The first-order chi connectivity index (χ1) is 9.17. The predicted molar refractivity (Wildman–Crippen MR) is 79.9 cm³/mol. The van der Waals surface area contributed by atoms with E-state index in [1.165, 1.54) is 48.3 Å². The van der Waals surface area contributed by atoms with Crippen LogP contribution in [0, 0.1) is 13.8 Å². The quantitative estimate of drug-likeness (QED) is 0.887. The fourth-order valence-electron chi connectivity index (χ4n) is 3.28. The Bertz CT molecular complexity index is 417. The molecule has 2 atom stereocenters. The molecule has 0 saturated carbocycles. The van der Waals surface area contributed by atoms with Crippen LogP contribution >= 0.6 is 11.3 Å².